The maximum atomic E-state index is 9.59. The number of hydrogen-bond donors (Lipinski definition) is 2. The molecule has 1 saturated heterocycles. The highest BCUT2D eigenvalue weighted by atomic mass is 15.3. The average Bonchev–Trinajstić information content (AvgIpc) is 3.23. The van der Waals surface area contributed by atoms with E-state index in [1.54, 1.807) is 13.2 Å². The second kappa shape index (κ2) is 8.81. The molecule has 0 unspecified atom stereocenters. The highest BCUT2D eigenvalue weighted by Crippen LogP contribution is 2.28. The summed E-state index contributed by atoms with van der Waals surface area (Å²) in [5.41, 5.74) is 6.06. The second-order valence-electron chi connectivity index (χ2n) is 6.15. The van der Waals surface area contributed by atoms with Gasteiger partial charge in [0.15, 0.2) is 5.84 Å². The molecule has 0 bridgehead atoms. The molecule has 0 aliphatic carbocycles. The molecule has 3 rings (SSSR count). The molecule has 1 aromatic heterocycles. The Kier molecular flexibility index (Phi) is 6.00. The average molecular weight is 361 g/mol. The number of nitriles is 1. The fraction of sp³-hybridized carbons (Fsp3) is 0.300. The van der Waals surface area contributed by atoms with Gasteiger partial charge in [-0.3, -0.25) is 0 Å². The maximum absolute atomic E-state index is 9.59. The van der Waals surface area contributed by atoms with E-state index in [4.69, 9.17) is 0 Å². The minimum atomic E-state index is 0.446. The zero-order chi connectivity index (χ0) is 19.1. The van der Waals surface area contributed by atoms with E-state index in [1.165, 1.54) is 12.8 Å². The normalized spacial score (nSPS) is 14.4. The second-order valence-corrected chi connectivity index (χ2v) is 6.15. The molecule has 2 N–H and O–H groups in total. The topological polar surface area (TPSA) is 89.2 Å². The van der Waals surface area contributed by atoms with Crippen LogP contribution in [0.15, 0.2) is 47.7 Å². The number of allylic oxidation sites excluding steroid dienone is 1. The van der Waals surface area contributed by atoms with Gasteiger partial charge in [-0.2, -0.15) is 10.4 Å². The molecule has 138 valence electrons. The van der Waals surface area contributed by atoms with Crippen molar-refractivity contribution in [2.45, 2.75) is 19.8 Å². The molecular weight excluding hydrogens is 338 g/mol. The molecule has 1 aromatic carbocycles. The molecule has 1 fully saturated rings. The summed E-state index contributed by atoms with van der Waals surface area (Å²) in [4.78, 5) is 11.1. The molecule has 27 heavy (non-hydrogen) atoms. The first-order valence-electron chi connectivity index (χ1n) is 9.02. The summed E-state index contributed by atoms with van der Waals surface area (Å²) < 4.78 is 0. The third kappa shape index (κ3) is 4.42. The van der Waals surface area contributed by atoms with E-state index in [1.807, 2.05) is 43.3 Å². The smallest absolute Gasteiger partial charge is 0.228 e. The van der Waals surface area contributed by atoms with Crippen molar-refractivity contribution in [3.8, 4) is 17.3 Å². The van der Waals surface area contributed by atoms with Crippen LogP contribution in [0.4, 0.5) is 11.6 Å². The predicted molar refractivity (Wildman–Crippen MR) is 109 cm³/mol. The number of rotatable bonds is 5. The van der Waals surface area contributed by atoms with E-state index >= 15 is 0 Å². The number of amidine groups is 1. The van der Waals surface area contributed by atoms with Gasteiger partial charge in [-0.05, 0) is 44.0 Å². The standard InChI is InChI=1S/C20H23N7/c1-3-6-19(26-22-2)25-20-23-10-9-17(24-20)15-7-8-18(16(13-15)14-21)27-11-4-5-12-27/h3,6-10,13,22H,4-5,11-12H2,1-2H3,(H,23,24,25,26)/b6-3-. The van der Waals surface area contributed by atoms with Crippen molar-refractivity contribution in [3.63, 3.8) is 0 Å². The summed E-state index contributed by atoms with van der Waals surface area (Å²) >= 11 is 0. The van der Waals surface area contributed by atoms with Gasteiger partial charge in [-0.15, -0.1) is 0 Å². The highest BCUT2D eigenvalue weighted by molar-refractivity contribution is 6.02. The van der Waals surface area contributed by atoms with Crippen molar-refractivity contribution in [2.75, 3.05) is 30.4 Å². The van der Waals surface area contributed by atoms with Gasteiger partial charge in [0.05, 0.1) is 16.9 Å². The number of benzene rings is 1. The van der Waals surface area contributed by atoms with Crippen LogP contribution in [0.5, 0.6) is 0 Å². The molecule has 2 aromatic rings. The molecule has 0 spiro atoms. The fourth-order valence-corrected chi connectivity index (χ4v) is 3.10. The van der Waals surface area contributed by atoms with Gasteiger partial charge in [-0.1, -0.05) is 12.1 Å². The van der Waals surface area contributed by atoms with E-state index in [0.717, 1.165) is 30.0 Å². The van der Waals surface area contributed by atoms with E-state index in [9.17, 15) is 5.26 Å². The summed E-state index contributed by atoms with van der Waals surface area (Å²) in [6, 6.07) is 10.1. The van der Waals surface area contributed by atoms with Crippen LogP contribution < -0.4 is 15.6 Å². The van der Waals surface area contributed by atoms with Gasteiger partial charge in [-0.25, -0.2) is 9.97 Å². The number of nitrogens with one attached hydrogen (secondary N) is 2. The highest BCUT2D eigenvalue weighted by Gasteiger charge is 2.16. The summed E-state index contributed by atoms with van der Waals surface area (Å²) in [6.07, 6.45) is 7.75. The lowest BCUT2D eigenvalue weighted by Gasteiger charge is -2.19. The number of anilines is 2. The Labute approximate surface area is 159 Å². The first-order valence-corrected chi connectivity index (χ1v) is 9.02. The van der Waals surface area contributed by atoms with Gasteiger partial charge in [0, 0.05) is 31.9 Å². The Balaban J connectivity index is 1.88. The minimum absolute atomic E-state index is 0.446. The molecule has 0 amide bonds. The molecule has 0 radical (unpaired) electrons. The Morgan fingerprint density at radius 3 is 2.81 bits per heavy atom. The molecular formula is C20H23N7. The van der Waals surface area contributed by atoms with Crippen LogP contribution in [0.25, 0.3) is 11.3 Å². The van der Waals surface area contributed by atoms with E-state index in [0.29, 0.717) is 17.3 Å². The summed E-state index contributed by atoms with van der Waals surface area (Å²) in [5.74, 6) is 1.06. The van der Waals surface area contributed by atoms with Crippen molar-refractivity contribution in [3.05, 3.63) is 48.2 Å². The third-order valence-corrected chi connectivity index (χ3v) is 4.31. The molecule has 1 aliphatic rings. The van der Waals surface area contributed by atoms with Crippen molar-refractivity contribution in [1.29, 1.82) is 5.26 Å². The Morgan fingerprint density at radius 1 is 1.30 bits per heavy atom. The predicted octanol–water partition coefficient (Wildman–Crippen LogP) is 3.14. The summed E-state index contributed by atoms with van der Waals surface area (Å²) in [5, 5.41) is 16.8. The molecule has 0 atom stereocenters. The van der Waals surface area contributed by atoms with Crippen molar-refractivity contribution in [1.82, 2.24) is 15.4 Å². The lowest BCUT2D eigenvalue weighted by atomic mass is 10.1. The minimum Gasteiger partial charge on any atom is -0.370 e. The van der Waals surface area contributed by atoms with Crippen LogP contribution in [0.3, 0.4) is 0 Å². The van der Waals surface area contributed by atoms with Crippen molar-refractivity contribution >= 4 is 17.5 Å². The number of hydrazone groups is 1. The van der Waals surface area contributed by atoms with Gasteiger partial charge < -0.3 is 15.6 Å². The molecule has 1 aliphatic heterocycles. The quantitative estimate of drug-likeness (QED) is 0.483. The van der Waals surface area contributed by atoms with Crippen molar-refractivity contribution < 1.29 is 0 Å². The summed E-state index contributed by atoms with van der Waals surface area (Å²) in [7, 11) is 1.73. The van der Waals surface area contributed by atoms with Gasteiger partial charge in [0.1, 0.15) is 6.07 Å². The van der Waals surface area contributed by atoms with Crippen LogP contribution in [0.1, 0.15) is 25.3 Å². The zero-order valence-electron chi connectivity index (χ0n) is 15.6. The molecule has 7 nitrogen and oxygen atoms in total. The molecule has 0 saturated carbocycles. The van der Waals surface area contributed by atoms with E-state index in [2.05, 4.69) is 36.8 Å². The number of hydrogen-bond acceptors (Lipinski definition) is 6. The number of aromatic nitrogens is 2. The Bertz CT molecular complexity index is 889. The Morgan fingerprint density at radius 2 is 2.11 bits per heavy atom. The number of nitrogens with zero attached hydrogens (tertiary/aromatic N) is 5. The van der Waals surface area contributed by atoms with Gasteiger partial charge in [0.2, 0.25) is 5.95 Å². The molecule has 7 heteroatoms. The van der Waals surface area contributed by atoms with Crippen LogP contribution in [-0.4, -0.2) is 35.9 Å². The first-order chi connectivity index (χ1) is 13.2. The zero-order valence-corrected chi connectivity index (χ0v) is 15.6. The van der Waals surface area contributed by atoms with E-state index < -0.39 is 0 Å². The largest absolute Gasteiger partial charge is 0.370 e. The van der Waals surface area contributed by atoms with Crippen molar-refractivity contribution in [2.24, 2.45) is 5.10 Å². The van der Waals surface area contributed by atoms with Crippen LogP contribution >= 0.6 is 0 Å². The fourth-order valence-electron chi connectivity index (χ4n) is 3.10. The SMILES string of the molecule is C/C=C\C(=N/NC)Nc1nccc(-c2ccc(N3CCCC3)c(C#N)c2)n1. The summed E-state index contributed by atoms with van der Waals surface area (Å²) in [6.45, 7) is 3.93. The third-order valence-electron chi connectivity index (χ3n) is 4.31. The molecule has 2 heterocycles. The Hall–Kier alpha value is -3.40. The van der Waals surface area contributed by atoms with Crippen LogP contribution in [0, 0.1) is 11.3 Å². The maximum Gasteiger partial charge on any atom is 0.228 e. The van der Waals surface area contributed by atoms with Crippen LogP contribution in [-0.2, 0) is 0 Å². The lowest BCUT2D eigenvalue weighted by molar-refractivity contribution is 0.900. The van der Waals surface area contributed by atoms with E-state index in [-0.39, 0.29) is 0 Å². The lowest BCUT2D eigenvalue weighted by Crippen LogP contribution is -2.18. The first kappa shape index (κ1) is 18.4. The van der Waals surface area contributed by atoms with Gasteiger partial charge >= 0.3 is 0 Å². The van der Waals surface area contributed by atoms with Crippen LogP contribution in [0.2, 0.25) is 0 Å². The monoisotopic (exact) mass is 361 g/mol. The van der Waals surface area contributed by atoms with Gasteiger partial charge in [0.25, 0.3) is 0 Å².